The molecule has 5 nitrogen and oxygen atoms in total. The van der Waals surface area contributed by atoms with Crippen LogP contribution in [-0.4, -0.2) is 20.9 Å². The topological polar surface area (TPSA) is 66.9 Å². The molecule has 0 spiro atoms. The minimum Gasteiger partial charge on any atom is -0.332 e. The minimum atomic E-state index is 0.00884. The molecule has 0 atom stereocenters. The van der Waals surface area contributed by atoms with Gasteiger partial charge in [0.1, 0.15) is 0 Å². The van der Waals surface area contributed by atoms with Crippen LogP contribution in [0.1, 0.15) is 23.0 Å². The van der Waals surface area contributed by atoms with Gasteiger partial charge in [-0.3, -0.25) is 4.79 Å². The fraction of sp³-hybridized carbons (Fsp3) is 0.143. The standard InChI is InChI=1S/C14H14N4OS/c1-9-6-7-15-13(16-9)18-14(20)17-12-5-3-4-11(8-12)10(2)19/h3-8H,1-2H3,(H2,15,16,17,18,20). The van der Waals surface area contributed by atoms with Crippen LogP contribution < -0.4 is 10.6 Å². The minimum absolute atomic E-state index is 0.00884. The van der Waals surface area contributed by atoms with Crippen LogP contribution in [0.2, 0.25) is 0 Å². The second kappa shape index (κ2) is 6.21. The monoisotopic (exact) mass is 286 g/mol. The van der Waals surface area contributed by atoms with Crippen LogP contribution in [0.15, 0.2) is 36.5 Å². The zero-order chi connectivity index (χ0) is 14.5. The number of rotatable bonds is 3. The Kier molecular flexibility index (Phi) is 4.37. The first-order valence-corrected chi connectivity index (χ1v) is 6.44. The largest absolute Gasteiger partial charge is 0.332 e. The summed E-state index contributed by atoms with van der Waals surface area (Å²) in [6.45, 7) is 3.40. The van der Waals surface area contributed by atoms with Crippen LogP contribution in [0.25, 0.3) is 0 Å². The number of carbonyl (C=O) groups excluding carboxylic acids is 1. The molecule has 2 aromatic rings. The summed E-state index contributed by atoms with van der Waals surface area (Å²) in [6, 6.07) is 8.93. The van der Waals surface area contributed by atoms with Crippen LogP contribution >= 0.6 is 12.2 Å². The van der Waals surface area contributed by atoms with Gasteiger partial charge in [-0.25, -0.2) is 9.97 Å². The Hall–Kier alpha value is -2.34. The summed E-state index contributed by atoms with van der Waals surface area (Å²) in [5.41, 5.74) is 2.22. The molecule has 0 aliphatic carbocycles. The Balaban J connectivity index is 2.04. The van der Waals surface area contributed by atoms with Gasteiger partial charge in [-0.2, -0.15) is 0 Å². The molecule has 0 radical (unpaired) electrons. The molecule has 0 aliphatic rings. The van der Waals surface area contributed by atoms with Crippen LogP contribution in [0.5, 0.6) is 0 Å². The van der Waals surface area contributed by atoms with Gasteiger partial charge in [0.2, 0.25) is 5.95 Å². The van der Waals surface area contributed by atoms with Crippen molar-refractivity contribution in [3.63, 3.8) is 0 Å². The molecule has 0 aliphatic heterocycles. The highest BCUT2D eigenvalue weighted by Gasteiger charge is 2.04. The Morgan fingerprint density at radius 2 is 2.05 bits per heavy atom. The number of Topliss-reactive ketones (excluding diaryl/α,β-unsaturated/α-hetero) is 1. The van der Waals surface area contributed by atoms with Crippen LogP contribution in [0.4, 0.5) is 11.6 Å². The van der Waals surface area contributed by atoms with E-state index in [-0.39, 0.29) is 5.78 Å². The highest BCUT2D eigenvalue weighted by Crippen LogP contribution is 2.11. The van der Waals surface area contributed by atoms with Gasteiger partial charge in [0.25, 0.3) is 0 Å². The van der Waals surface area contributed by atoms with Gasteiger partial charge in [-0.05, 0) is 44.3 Å². The van der Waals surface area contributed by atoms with E-state index in [0.717, 1.165) is 11.4 Å². The summed E-state index contributed by atoms with van der Waals surface area (Å²) in [6.07, 6.45) is 1.66. The molecular formula is C14H14N4OS. The average molecular weight is 286 g/mol. The molecule has 2 N–H and O–H groups in total. The van der Waals surface area contributed by atoms with Gasteiger partial charge >= 0.3 is 0 Å². The van der Waals surface area contributed by atoms with Crippen molar-refractivity contribution >= 4 is 34.7 Å². The zero-order valence-electron chi connectivity index (χ0n) is 11.2. The number of nitrogens with zero attached hydrogens (tertiary/aromatic N) is 2. The molecule has 102 valence electrons. The average Bonchev–Trinajstić information content (AvgIpc) is 2.38. The normalized spacial score (nSPS) is 9.90. The molecule has 20 heavy (non-hydrogen) atoms. The Morgan fingerprint density at radius 3 is 2.75 bits per heavy atom. The number of hydrogen-bond acceptors (Lipinski definition) is 4. The van der Waals surface area contributed by atoms with Crippen molar-refractivity contribution in [1.29, 1.82) is 0 Å². The van der Waals surface area contributed by atoms with Gasteiger partial charge < -0.3 is 10.6 Å². The Labute approximate surface area is 122 Å². The molecule has 0 unspecified atom stereocenters. The van der Waals surface area contributed by atoms with E-state index in [1.165, 1.54) is 6.92 Å². The smallest absolute Gasteiger partial charge is 0.229 e. The predicted molar refractivity (Wildman–Crippen MR) is 83.1 cm³/mol. The maximum atomic E-state index is 11.3. The van der Waals surface area contributed by atoms with Gasteiger partial charge in [0, 0.05) is 23.1 Å². The lowest BCUT2D eigenvalue weighted by atomic mass is 10.1. The predicted octanol–water partition coefficient (Wildman–Crippen LogP) is 2.80. The number of aromatic nitrogens is 2. The van der Waals surface area contributed by atoms with Crippen molar-refractivity contribution in [1.82, 2.24) is 9.97 Å². The van der Waals surface area contributed by atoms with E-state index < -0.39 is 0 Å². The van der Waals surface area contributed by atoms with Gasteiger partial charge in [0.05, 0.1) is 0 Å². The number of carbonyl (C=O) groups is 1. The van der Waals surface area contributed by atoms with Crippen LogP contribution in [-0.2, 0) is 0 Å². The third-order valence-corrected chi connectivity index (χ3v) is 2.75. The molecule has 0 bridgehead atoms. The number of nitrogens with one attached hydrogen (secondary N) is 2. The number of anilines is 2. The van der Waals surface area contributed by atoms with E-state index in [9.17, 15) is 4.79 Å². The molecule has 0 amide bonds. The molecule has 0 saturated heterocycles. The molecule has 2 rings (SSSR count). The second-order valence-corrected chi connectivity index (χ2v) is 4.65. The highest BCUT2D eigenvalue weighted by atomic mass is 32.1. The summed E-state index contributed by atoms with van der Waals surface area (Å²) >= 11 is 5.18. The van der Waals surface area contributed by atoms with E-state index in [1.807, 2.05) is 13.0 Å². The number of benzene rings is 1. The Morgan fingerprint density at radius 1 is 1.25 bits per heavy atom. The third kappa shape index (κ3) is 3.83. The van der Waals surface area contributed by atoms with Crippen LogP contribution in [0.3, 0.4) is 0 Å². The van der Waals surface area contributed by atoms with Gasteiger partial charge in [0.15, 0.2) is 10.9 Å². The van der Waals surface area contributed by atoms with E-state index in [1.54, 1.807) is 30.5 Å². The molecular weight excluding hydrogens is 272 g/mol. The summed E-state index contributed by atoms with van der Waals surface area (Å²) < 4.78 is 0. The van der Waals surface area contributed by atoms with Crippen molar-refractivity contribution in [2.75, 3.05) is 10.6 Å². The molecule has 0 saturated carbocycles. The van der Waals surface area contributed by atoms with E-state index >= 15 is 0 Å². The number of thiocarbonyl (C=S) groups is 1. The fourth-order valence-electron chi connectivity index (χ4n) is 1.59. The van der Waals surface area contributed by atoms with Gasteiger partial charge in [-0.1, -0.05) is 12.1 Å². The number of ketones is 1. The second-order valence-electron chi connectivity index (χ2n) is 4.24. The van der Waals surface area contributed by atoms with Crippen molar-refractivity contribution in [3.05, 3.63) is 47.8 Å². The van der Waals surface area contributed by atoms with Crippen LogP contribution in [0, 0.1) is 6.92 Å². The van der Waals surface area contributed by atoms with Crippen molar-refractivity contribution in [2.24, 2.45) is 0 Å². The van der Waals surface area contributed by atoms with E-state index in [4.69, 9.17) is 12.2 Å². The quantitative estimate of drug-likeness (QED) is 0.668. The fourth-order valence-corrected chi connectivity index (χ4v) is 1.80. The summed E-state index contributed by atoms with van der Waals surface area (Å²) in [5.74, 6) is 0.444. The molecule has 1 heterocycles. The van der Waals surface area contributed by atoms with Crippen molar-refractivity contribution in [2.45, 2.75) is 13.8 Å². The molecule has 6 heteroatoms. The molecule has 1 aromatic heterocycles. The van der Waals surface area contributed by atoms with E-state index in [0.29, 0.717) is 16.6 Å². The highest BCUT2D eigenvalue weighted by molar-refractivity contribution is 7.80. The number of hydrogen-bond donors (Lipinski definition) is 2. The summed E-state index contributed by atoms with van der Waals surface area (Å²) in [4.78, 5) is 19.6. The zero-order valence-corrected chi connectivity index (χ0v) is 12.0. The third-order valence-electron chi connectivity index (χ3n) is 2.55. The van der Waals surface area contributed by atoms with Crippen molar-refractivity contribution in [3.8, 4) is 0 Å². The SMILES string of the molecule is CC(=O)c1cccc(NC(=S)Nc2nccc(C)n2)c1. The first-order chi connectivity index (χ1) is 9.54. The first kappa shape index (κ1) is 14.1. The van der Waals surface area contributed by atoms with Crippen molar-refractivity contribution < 1.29 is 4.79 Å². The van der Waals surface area contributed by atoms with Gasteiger partial charge in [-0.15, -0.1) is 0 Å². The maximum Gasteiger partial charge on any atom is 0.229 e. The number of aryl methyl sites for hydroxylation is 1. The lowest BCUT2D eigenvalue weighted by molar-refractivity contribution is 0.101. The first-order valence-electron chi connectivity index (χ1n) is 6.03. The maximum absolute atomic E-state index is 11.3. The molecule has 1 aromatic carbocycles. The summed E-state index contributed by atoms with van der Waals surface area (Å²) in [5, 5.41) is 6.26. The molecule has 0 fully saturated rings. The lowest BCUT2D eigenvalue weighted by Gasteiger charge is -2.10. The summed E-state index contributed by atoms with van der Waals surface area (Å²) in [7, 11) is 0. The Bertz CT molecular complexity index is 657. The lowest BCUT2D eigenvalue weighted by Crippen LogP contribution is -2.20. The van der Waals surface area contributed by atoms with E-state index in [2.05, 4.69) is 20.6 Å².